The lowest BCUT2D eigenvalue weighted by Crippen LogP contribution is -2.49. The minimum absolute atomic E-state index is 0.107. The van der Waals surface area contributed by atoms with Gasteiger partial charge >= 0.3 is 0 Å². The third-order valence-electron chi connectivity index (χ3n) is 7.40. The standard InChI is InChI=1S/C27H33N9O/c1-4-36-26-23(28-27(36)35-16-15-32(2)22(37)18-35)25(34-12-6-5-7-13-34)29-24(30-26)20-10-8-9-19(17-20)21-11-14-33(3)31-21/h8-11,14,17H,4-7,12-13,15-16,18H2,1-3H3. The highest BCUT2D eigenvalue weighted by atomic mass is 16.2. The number of piperazine rings is 1. The Hall–Kier alpha value is -3.95. The summed E-state index contributed by atoms with van der Waals surface area (Å²) in [5.74, 6) is 2.47. The summed E-state index contributed by atoms with van der Waals surface area (Å²) in [6, 6.07) is 10.3. The van der Waals surface area contributed by atoms with Crippen molar-refractivity contribution >= 4 is 28.8 Å². The average molecular weight is 500 g/mol. The smallest absolute Gasteiger partial charge is 0.242 e. The second-order valence-electron chi connectivity index (χ2n) is 9.94. The normalized spacial score (nSPS) is 16.7. The molecule has 10 nitrogen and oxygen atoms in total. The molecular weight excluding hydrogens is 466 g/mol. The Morgan fingerprint density at radius 2 is 1.70 bits per heavy atom. The monoisotopic (exact) mass is 499 g/mol. The molecule has 37 heavy (non-hydrogen) atoms. The topological polar surface area (TPSA) is 88.2 Å². The minimum Gasteiger partial charge on any atom is -0.355 e. The molecule has 2 aliphatic rings. The van der Waals surface area contributed by atoms with Gasteiger partial charge in [0, 0.05) is 64.1 Å². The van der Waals surface area contributed by atoms with Gasteiger partial charge in [0.1, 0.15) is 0 Å². The predicted molar refractivity (Wildman–Crippen MR) is 145 cm³/mol. The van der Waals surface area contributed by atoms with Crippen molar-refractivity contribution in [2.24, 2.45) is 7.05 Å². The van der Waals surface area contributed by atoms with Crippen LogP contribution in [0.2, 0.25) is 0 Å². The van der Waals surface area contributed by atoms with Crippen LogP contribution in [-0.2, 0) is 18.4 Å². The second kappa shape index (κ2) is 9.49. The van der Waals surface area contributed by atoms with Crippen LogP contribution in [0.3, 0.4) is 0 Å². The number of carbonyl (C=O) groups excluding carboxylic acids is 1. The molecule has 2 fully saturated rings. The molecule has 0 unspecified atom stereocenters. The lowest BCUT2D eigenvalue weighted by molar-refractivity contribution is -0.129. The van der Waals surface area contributed by atoms with Gasteiger partial charge in [-0.05, 0) is 38.3 Å². The van der Waals surface area contributed by atoms with E-state index in [1.165, 1.54) is 6.42 Å². The van der Waals surface area contributed by atoms with E-state index in [9.17, 15) is 4.79 Å². The zero-order chi connectivity index (χ0) is 25.5. The summed E-state index contributed by atoms with van der Waals surface area (Å²) in [5, 5.41) is 4.57. The van der Waals surface area contributed by atoms with E-state index in [1.54, 1.807) is 4.90 Å². The van der Waals surface area contributed by atoms with Crippen molar-refractivity contribution in [1.82, 2.24) is 34.2 Å². The van der Waals surface area contributed by atoms with Crippen molar-refractivity contribution in [2.45, 2.75) is 32.7 Å². The maximum absolute atomic E-state index is 12.5. The number of aryl methyl sites for hydroxylation is 2. The molecule has 0 spiro atoms. The molecule has 4 aromatic rings. The highest BCUT2D eigenvalue weighted by molar-refractivity contribution is 5.89. The molecule has 0 radical (unpaired) electrons. The molecule has 0 bridgehead atoms. The van der Waals surface area contributed by atoms with Crippen LogP contribution in [0.5, 0.6) is 0 Å². The summed E-state index contributed by atoms with van der Waals surface area (Å²) in [7, 11) is 3.78. The van der Waals surface area contributed by atoms with Gasteiger partial charge in [0.15, 0.2) is 22.8 Å². The number of anilines is 2. The summed E-state index contributed by atoms with van der Waals surface area (Å²) >= 11 is 0. The number of rotatable bonds is 5. The van der Waals surface area contributed by atoms with Crippen molar-refractivity contribution in [3.63, 3.8) is 0 Å². The average Bonchev–Trinajstić information content (AvgIpc) is 3.53. The fraction of sp³-hybridized carbons (Fsp3) is 0.444. The van der Waals surface area contributed by atoms with Crippen LogP contribution in [0.1, 0.15) is 26.2 Å². The van der Waals surface area contributed by atoms with Gasteiger partial charge in [-0.25, -0.2) is 15.0 Å². The number of hydrogen-bond acceptors (Lipinski definition) is 7. The lowest BCUT2D eigenvalue weighted by Gasteiger charge is -2.32. The van der Waals surface area contributed by atoms with Crippen LogP contribution >= 0.6 is 0 Å². The number of nitrogens with zero attached hydrogens (tertiary/aromatic N) is 9. The summed E-state index contributed by atoms with van der Waals surface area (Å²) in [4.78, 5) is 34.0. The van der Waals surface area contributed by atoms with Gasteiger partial charge in [-0.1, -0.05) is 18.2 Å². The molecule has 2 aliphatic heterocycles. The first-order chi connectivity index (χ1) is 18.0. The number of fused-ring (bicyclic) bond motifs is 1. The molecule has 6 rings (SSSR count). The molecule has 2 saturated heterocycles. The molecule has 0 N–H and O–H groups in total. The number of aromatic nitrogens is 6. The van der Waals surface area contributed by atoms with Gasteiger partial charge in [-0.3, -0.25) is 14.0 Å². The molecule has 1 amide bonds. The SMILES string of the molecule is CCn1c(N2CCN(C)C(=O)C2)nc2c(N3CCCCC3)nc(-c3cccc(-c4ccn(C)n4)c3)nc21. The van der Waals surface area contributed by atoms with E-state index in [0.717, 1.165) is 72.2 Å². The van der Waals surface area contributed by atoms with Gasteiger partial charge in [-0.15, -0.1) is 0 Å². The Labute approximate surface area is 216 Å². The van der Waals surface area contributed by atoms with Crippen molar-refractivity contribution in [1.29, 1.82) is 0 Å². The molecule has 0 aliphatic carbocycles. The van der Waals surface area contributed by atoms with Crippen LogP contribution < -0.4 is 9.80 Å². The Morgan fingerprint density at radius 3 is 2.43 bits per heavy atom. The fourth-order valence-corrected chi connectivity index (χ4v) is 5.28. The van der Waals surface area contributed by atoms with Gasteiger partial charge < -0.3 is 14.7 Å². The molecule has 0 saturated carbocycles. The van der Waals surface area contributed by atoms with Gasteiger partial charge in [-0.2, -0.15) is 5.10 Å². The number of hydrogen-bond donors (Lipinski definition) is 0. The second-order valence-corrected chi connectivity index (χ2v) is 9.94. The number of piperidine rings is 1. The third kappa shape index (κ3) is 4.30. The van der Waals surface area contributed by atoms with E-state index in [4.69, 9.17) is 15.0 Å². The zero-order valence-electron chi connectivity index (χ0n) is 21.8. The predicted octanol–water partition coefficient (Wildman–Crippen LogP) is 3.18. The van der Waals surface area contributed by atoms with Crippen LogP contribution in [-0.4, -0.2) is 79.9 Å². The molecule has 3 aromatic heterocycles. The quantitative estimate of drug-likeness (QED) is 0.417. The number of likely N-dealkylation sites (N-methyl/N-ethyl adjacent to an activating group) is 1. The van der Waals surface area contributed by atoms with E-state index in [-0.39, 0.29) is 5.91 Å². The number of amides is 1. The molecular formula is C27H33N9O. The van der Waals surface area contributed by atoms with Gasteiger partial charge in [0.05, 0.1) is 12.2 Å². The fourth-order valence-electron chi connectivity index (χ4n) is 5.28. The van der Waals surface area contributed by atoms with E-state index in [0.29, 0.717) is 25.5 Å². The zero-order valence-corrected chi connectivity index (χ0v) is 21.8. The van der Waals surface area contributed by atoms with Crippen LogP contribution in [0, 0.1) is 0 Å². The largest absolute Gasteiger partial charge is 0.355 e. The highest BCUT2D eigenvalue weighted by Gasteiger charge is 2.28. The number of benzene rings is 1. The van der Waals surface area contributed by atoms with E-state index in [2.05, 4.69) is 44.6 Å². The lowest BCUT2D eigenvalue weighted by atomic mass is 10.1. The first-order valence-electron chi connectivity index (χ1n) is 13.1. The highest BCUT2D eigenvalue weighted by Crippen LogP contribution is 2.33. The van der Waals surface area contributed by atoms with Gasteiger partial charge in [0.25, 0.3) is 0 Å². The van der Waals surface area contributed by atoms with Crippen molar-refractivity contribution in [3.05, 3.63) is 36.5 Å². The molecule has 0 atom stereocenters. The van der Waals surface area contributed by atoms with Crippen LogP contribution in [0.4, 0.5) is 11.8 Å². The van der Waals surface area contributed by atoms with E-state index in [1.807, 2.05) is 37.1 Å². The molecule has 10 heteroatoms. The summed E-state index contributed by atoms with van der Waals surface area (Å²) < 4.78 is 3.94. The minimum atomic E-state index is 0.107. The summed E-state index contributed by atoms with van der Waals surface area (Å²) in [5.41, 5.74) is 4.53. The number of imidazole rings is 1. The van der Waals surface area contributed by atoms with Crippen molar-refractivity contribution < 1.29 is 4.79 Å². The third-order valence-corrected chi connectivity index (χ3v) is 7.40. The Morgan fingerprint density at radius 1 is 0.892 bits per heavy atom. The maximum atomic E-state index is 12.5. The van der Waals surface area contributed by atoms with Crippen LogP contribution in [0.25, 0.3) is 33.8 Å². The van der Waals surface area contributed by atoms with Gasteiger partial charge in [0.2, 0.25) is 11.9 Å². The Bertz CT molecular complexity index is 1450. The van der Waals surface area contributed by atoms with E-state index < -0.39 is 0 Å². The Kier molecular flexibility index (Phi) is 6.02. The Balaban J connectivity index is 1.50. The summed E-state index contributed by atoms with van der Waals surface area (Å²) in [6.07, 6.45) is 5.47. The summed E-state index contributed by atoms with van der Waals surface area (Å²) in [6.45, 7) is 6.48. The maximum Gasteiger partial charge on any atom is 0.242 e. The number of carbonyl (C=O) groups is 1. The first kappa shape index (κ1) is 23.4. The molecule has 5 heterocycles. The van der Waals surface area contributed by atoms with Crippen LogP contribution in [0.15, 0.2) is 36.5 Å². The first-order valence-corrected chi connectivity index (χ1v) is 13.1. The molecule has 1 aromatic carbocycles. The molecule has 192 valence electrons. The van der Waals surface area contributed by atoms with Crippen molar-refractivity contribution in [2.75, 3.05) is 49.6 Å². The van der Waals surface area contributed by atoms with Crippen molar-refractivity contribution in [3.8, 4) is 22.6 Å². The van der Waals surface area contributed by atoms with E-state index >= 15 is 0 Å².